The van der Waals surface area contributed by atoms with Crippen molar-refractivity contribution in [1.82, 2.24) is 0 Å². The SMILES string of the molecule is CCCc1cc(F)c(CCc2cc(F)c(OB(O)O)c(F)c2)c(F)c1. The molecule has 2 aromatic rings. The van der Waals surface area contributed by atoms with Gasteiger partial charge < -0.3 is 14.7 Å². The van der Waals surface area contributed by atoms with Crippen molar-refractivity contribution in [2.75, 3.05) is 0 Å². The van der Waals surface area contributed by atoms with Crippen molar-refractivity contribution < 1.29 is 32.3 Å². The van der Waals surface area contributed by atoms with Gasteiger partial charge in [-0.3, -0.25) is 0 Å². The molecule has 0 saturated carbocycles. The van der Waals surface area contributed by atoms with Gasteiger partial charge in [0.15, 0.2) is 17.4 Å². The molecule has 8 heteroatoms. The molecule has 0 fully saturated rings. The van der Waals surface area contributed by atoms with Crippen LogP contribution < -0.4 is 4.65 Å². The Bertz CT molecular complexity index is 707. The molecule has 0 aliphatic heterocycles. The first kappa shape index (κ1) is 19.3. The van der Waals surface area contributed by atoms with Crippen molar-refractivity contribution in [1.29, 1.82) is 0 Å². The lowest BCUT2D eigenvalue weighted by Crippen LogP contribution is -2.22. The third-order valence-electron chi connectivity index (χ3n) is 3.68. The van der Waals surface area contributed by atoms with Gasteiger partial charge in [0.05, 0.1) is 0 Å². The van der Waals surface area contributed by atoms with E-state index in [1.807, 2.05) is 6.92 Å². The Labute approximate surface area is 143 Å². The first-order valence-corrected chi connectivity index (χ1v) is 7.79. The summed E-state index contributed by atoms with van der Waals surface area (Å²) in [6.07, 6.45) is 1.24. The summed E-state index contributed by atoms with van der Waals surface area (Å²) in [5.41, 5.74) is 0.570. The monoisotopic (exact) mass is 356 g/mol. The molecule has 2 N–H and O–H groups in total. The van der Waals surface area contributed by atoms with Crippen LogP contribution in [0.5, 0.6) is 5.75 Å². The minimum Gasteiger partial charge on any atom is -0.508 e. The summed E-state index contributed by atoms with van der Waals surface area (Å²) in [5, 5.41) is 17.2. The van der Waals surface area contributed by atoms with E-state index >= 15 is 0 Å². The predicted octanol–water partition coefficient (Wildman–Crippen LogP) is 3.33. The normalized spacial score (nSPS) is 10.8. The van der Waals surface area contributed by atoms with E-state index in [4.69, 9.17) is 10.0 Å². The molecule has 0 spiro atoms. The van der Waals surface area contributed by atoms with Crippen molar-refractivity contribution in [2.24, 2.45) is 0 Å². The minimum absolute atomic E-state index is 0.00321. The quantitative estimate of drug-likeness (QED) is 0.591. The maximum absolute atomic E-state index is 14.0. The minimum atomic E-state index is -2.36. The van der Waals surface area contributed by atoms with E-state index in [0.29, 0.717) is 12.0 Å². The van der Waals surface area contributed by atoms with Crippen LogP contribution in [0.4, 0.5) is 17.6 Å². The molecule has 25 heavy (non-hydrogen) atoms. The average molecular weight is 356 g/mol. The fraction of sp³-hybridized carbons (Fsp3) is 0.294. The van der Waals surface area contributed by atoms with Crippen LogP contribution in [0.25, 0.3) is 0 Å². The smallest absolute Gasteiger partial charge is 0.508 e. The molecule has 3 nitrogen and oxygen atoms in total. The molecule has 134 valence electrons. The van der Waals surface area contributed by atoms with Crippen molar-refractivity contribution in [3.05, 3.63) is 64.2 Å². The summed E-state index contributed by atoms with van der Waals surface area (Å²) in [6, 6.07) is 4.37. The van der Waals surface area contributed by atoms with E-state index in [1.54, 1.807) is 0 Å². The topological polar surface area (TPSA) is 49.7 Å². The Morgan fingerprint density at radius 1 is 0.800 bits per heavy atom. The zero-order valence-electron chi connectivity index (χ0n) is 13.5. The van der Waals surface area contributed by atoms with Crippen molar-refractivity contribution in [3.8, 4) is 5.75 Å². The molecule has 0 heterocycles. The van der Waals surface area contributed by atoms with Crippen LogP contribution in [0.1, 0.15) is 30.0 Å². The molecule has 0 unspecified atom stereocenters. The fourth-order valence-corrected chi connectivity index (χ4v) is 2.57. The van der Waals surface area contributed by atoms with Crippen LogP contribution in [0, 0.1) is 23.3 Å². The average Bonchev–Trinajstić information content (AvgIpc) is 2.50. The van der Waals surface area contributed by atoms with Gasteiger partial charge in [0.25, 0.3) is 0 Å². The molecule has 0 radical (unpaired) electrons. The van der Waals surface area contributed by atoms with Crippen molar-refractivity contribution in [3.63, 3.8) is 0 Å². The van der Waals surface area contributed by atoms with Gasteiger partial charge in [-0.2, -0.15) is 0 Å². The molecule has 0 saturated heterocycles. The summed E-state index contributed by atoms with van der Waals surface area (Å²) >= 11 is 0. The summed E-state index contributed by atoms with van der Waals surface area (Å²) < 4.78 is 59.8. The van der Waals surface area contributed by atoms with E-state index in [0.717, 1.165) is 18.6 Å². The highest BCUT2D eigenvalue weighted by Gasteiger charge is 2.20. The maximum atomic E-state index is 14.0. The second-order valence-electron chi connectivity index (χ2n) is 5.62. The van der Waals surface area contributed by atoms with Crippen LogP contribution in [-0.4, -0.2) is 17.4 Å². The fourth-order valence-electron chi connectivity index (χ4n) is 2.57. The van der Waals surface area contributed by atoms with Gasteiger partial charge in [0.2, 0.25) is 0 Å². The highest BCUT2D eigenvalue weighted by atomic mass is 19.1. The Morgan fingerprint density at radius 3 is 1.76 bits per heavy atom. The van der Waals surface area contributed by atoms with Crippen LogP contribution in [0.3, 0.4) is 0 Å². The van der Waals surface area contributed by atoms with E-state index in [9.17, 15) is 17.6 Å². The lowest BCUT2D eigenvalue weighted by molar-refractivity contribution is 0.274. The standard InChI is InChI=1S/C17H17BF4O3/c1-2-3-10-6-13(19)12(14(20)7-10)5-4-11-8-15(21)17(16(22)9-11)25-18(23)24/h6-9,23-24H,2-5H2,1H3. The molecule has 0 amide bonds. The molecular formula is C17H17BF4O3. The molecule has 0 bridgehead atoms. The highest BCUT2D eigenvalue weighted by molar-refractivity contribution is 6.33. The zero-order valence-corrected chi connectivity index (χ0v) is 13.5. The third-order valence-corrected chi connectivity index (χ3v) is 3.68. The van der Waals surface area contributed by atoms with Crippen LogP contribution in [0.15, 0.2) is 24.3 Å². The van der Waals surface area contributed by atoms with Gasteiger partial charge in [-0.05, 0) is 54.7 Å². The van der Waals surface area contributed by atoms with Gasteiger partial charge in [-0.1, -0.05) is 13.3 Å². The molecular weight excluding hydrogens is 339 g/mol. The van der Waals surface area contributed by atoms with Crippen LogP contribution in [0.2, 0.25) is 0 Å². The highest BCUT2D eigenvalue weighted by Crippen LogP contribution is 2.25. The molecule has 0 aromatic heterocycles. The van der Waals surface area contributed by atoms with Crippen LogP contribution >= 0.6 is 0 Å². The first-order valence-electron chi connectivity index (χ1n) is 7.79. The number of rotatable bonds is 7. The van der Waals surface area contributed by atoms with Crippen LogP contribution in [-0.2, 0) is 19.3 Å². The Morgan fingerprint density at radius 2 is 1.28 bits per heavy atom. The van der Waals surface area contributed by atoms with Gasteiger partial charge in [0, 0.05) is 5.56 Å². The molecule has 0 atom stereocenters. The van der Waals surface area contributed by atoms with Gasteiger partial charge in [-0.15, -0.1) is 0 Å². The second-order valence-corrected chi connectivity index (χ2v) is 5.62. The second kappa shape index (κ2) is 8.35. The van der Waals surface area contributed by atoms with Gasteiger partial charge in [0.1, 0.15) is 11.6 Å². The number of hydrogen-bond donors (Lipinski definition) is 2. The van der Waals surface area contributed by atoms with E-state index in [-0.39, 0.29) is 24.0 Å². The summed E-state index contributed by atoms with van der Waals surface area (Å²) in [6.45, 7) is 1.90. The summed E-state index contributed by atoms with van der Waals surface area (Å²) in [7, 11) is -2.36. The lowest BCUT2D eigenvalue weighted by Gasteiger charge is -2.11. The predicted molar refractivity (Wildman–Crippen MR) is 84.9 cm³/mol. The van der Waals surface area contributed by atoms with E-state index < -0.39 is 36.3 Å². The third kappa shape index (κ3) is 4.96. The number of halogens is 4. The largest absolute Gasteiger partial charge is 0.707 e. The Kier molecular flexibility index (Phi) is 6.44. The zero-order chi connectivity index (χ0) is 18.6. The summed E-state index contributed by atoms with van der Waals surface area (Å²) in [5.74, 6) is -4.58. The lowest BCUT2D eigenvalue weighted by atomic mass is 10.00. The molecule has 0 aliphatic rings. The molecule has 2 aromatic carbocycles. The number of hydrogen-bond acceptors (Lipinski definition) is 3. The maximum Gasteiger partial charge on any atom is 0.707 e. The number of benzene rings is 2. The molecule has 2 rings (SSSR count). The van der Waals surface area contributed by atoms with Gasteiger partial charge in [-0.25, -0.2) is 17.6 Å². The molecule has 0 aliphatic carbocycles. The van der Waals surface area contributed by atoms with E-state index in [1.165, 1.54) is 12.1 Å². The Hall–Kier alpha value is -2.06. The Balaban J connectivity index is 2.16. The van der Waals surface area contributed by atoms with Crippen molar-refractivity contribution >= 4 is 7.32 Å². The first-order chi connectivity index (χ1) is 11.8. The van der Waals surface area contributed by atoms with E-state index in [2.05, 4.69) is 4.65 Å². The number of aryl methyl sites for hydroxylation is 2. The van der Waals surface area contributed by atoms with Gasteiger partial charge >= 0.3 is 7.32 Å². The van der Waals surface area contributed by atoms with Crippen molar-refractivity contribution in [2.45, 2.75) is 32.6 Å². The summed E-state index contributed by atoms with van der Waals surface area (Å²) in [4.78, 5) is 0.